The second-order valence-electron chi connectivity index (χ2n) is 6.35. The third-order valence-electron chi connectivity index (χ3n) is 4.40. The number of nitrogens with zero attached hydrogens (tertiary/aromatic N) is 2. The van der Waals surface area contributed by atoms with E-state index in [1.54, 1.807) is 17.4 Å². The molecule has 0 fully saturated rings. The van der Waals surface area contributed by atoms with Crippen LogP contribution in [0.4, 0.5) is 5.13 Å². The molecule has 0 saturated heterocycles. The van der Waals surface area contributed by atoms with Crippen molar-refractivity contribution in [3.05, 3.63) is 88.2 Å². The average Bonchev–Trinajstić information content (AvgIpc) is 3.15. The van der Waals surface area contributed by atoms with Crippen LogP contribution in [0.5, 0.6) is 0 Å². The van der Waals surface area contributed by atoms with Crippen molar-refractivity contribution >= 4 is 60.9 Å². The molecule has 142 valence electrons. The maximum atomic E-state index is 6.21. The third-order valence-corrected chi connectivity index (χ3v) is 5.83. The third kappa shape index (κ3) is 3.72. The molecule has 0 bridgehead atoms. The lowest BCUT2D eigenvalue weighted by Crippen LogP contribution is -2.07. The Morgan fingerprint density at radius 1 is 0.897 bits per heavy atom. The molecule has 5 rings (SSSR count). The highest BCUT2D eigenvalue weighted by atomic mass is 35.5. The highest BCUT2D eigenvalue weighted by molar-refractivity contribution is 7.22. The summed E-state index contributed by atoms with van der Waals surface area (Å²) in [6.45, 7) is 0. The van der Waals surface area contributed by atoms with Gasteiger partial charge >= 0.3 is 0 Å². The summed E-state index contributed by atoms with van der Waals surface area (Å²) in [4.78, 5) is 4.57. The van der Waals surface area contributed by atoms with Crippen molar-refractivity contribution in [1.29, 1.82) is 0 Å². The predicted octanol–water partition coefficient (Wildman–Crippen LogP) is 6.94. The van der Waals surface area contributed by atoms with E-state index in [0.29, 0.717) is 26.7 Å². The van der Waals surface area contributed by atoms with E-state index in [2.05, 4.69) is 15.5 Å². The molecule has 0 spiro atoms. The maximum Gasteiger partial charge on any atom is 0.204 e. The Bertz CT molecular complexity index is 1370. The largest absolute Gasteiger partial charge is 0.456 e. The summed E-state index contributed by atoms with van der Waals surface area (Å²) >= 11 is 13.8. The molecule has 0 saturated carbocycles. The number of rotatable bonds is 3. The number of benzene rings is 3. The molecule has 4 nitrogen and oxygen atoms in total. The molecule has 2 aromatic heterocycles. The standard InChI is InChI=1S/C22H13Cl2N3OS/c23-14-7-5-13(6-8-14)20-12-18(16-11-15(24)9-10-19(16)28-20)26-27-22-25-17-3-1-2-4-21(17)29-22/h1-12H,(H,25,27)/b26-18+. The molecule has 2 heterocycles. The van der Waals surface area contributed by atoms with Crippen LogP contribution in [0.1, 0.15) is 0 Å². The molecule has 0 atom stereocenters. The second kappa shape index (κ2) is 7.52. The molecule has 29 heavy (non-hydrogen) atoms. The Labute approximate surface area is 180 Å². The summed E-state index contributed by atoms with van der Waals surface area (Å²) in [7, 11) is 0. The van der Waals surface area contributed by atoms with Crippen LogP contribution < -0.4 is 10.8 Å². The zero-order valence-electron chi connectivity index (χ0n) is 14.9. The van der Waals surface area contributed by atoms with Gasteiger partial charge in [-0.3, -0.25) is 5.43 Å². The number of thiazole rings is 1. The van der Waals surface area contributed by atoms with Gasteiger partial charge in [-0.15, -0.1) is 0 Å². The minimum absolute atomic E-state index is 0.614. The van der Waals surface area contributed by atoms with Gasteiger partial charge in [0.2, 0.25) is 5.13 Å². The van der Waals surface area contributed by atoms with Crippen LogP contribution in [0.15, 0.2) is 82.3 Å². The second-order valence-corrected chi connectivity index (χ2v) is 8.26. The molecule has 0 unspecified atom stereocenters. The number of aromatic nitrogens is 1. The van der Waals surface area contributed by atoms with E-state index in [-0.39, 0.29) is 0 Å². The summed E-state index contributed by atoms with van der Waals surface area (Å²) < 4.78 is 7.18. The van der Waals surface area contributed by atoms with Gasteiger partial charge < -0.3 is 4.42 Å². The molecule has 0 aliphatic heterocycles. The van der Waals surface area contributed by atoms with Crippen LogP contribution in [-0.2, 0) is 0 Å². The highest BCUT2D eigenvalue weighted by Crippen LogP contribution is 2.27. The molecule has 1 N–H and O–H groups in total. The molecule has 0 amide bonds. The first kappa shape index (κ1) is 18.2. The number of para-hydroxylation sites is 1. The number of halogens is 2. The van der Waals surface area contributed by atoms with Gasteiger partial charge in [0.05, 0.1) is 15.6 Å². The van der Waals surface area contributed by atoms with Crippen molar-refractivity contribution in [1.82, 2.24) is 4.98 Å². The first-order valence-corrected chi connectivity index (χ1v) is 10.4. The molecule has 0 aliphatic carbocycles. The molecule has 0 radical (unpaired) electrons. The van der Waals surface area contributed by atoms with Crippen LogP contribution >= 0.6 is 34.5 Å². The molecular weight excluding hydrogens is 425 g/mol. The van der Waals surface area contributed by atoms with Gasteiger partial charge in [-0.2, -0.15) is 5.10 Å². The monoisotopic (exact) mass is 437 g/mol. The molecule has 7 heteroatoms. The first-order chi connectivity index (χ1) is 14.2. The highest BCUT2D eigenvalue weighted by Gasteiger charge is 2.08. The first-order valence-electron chi connectivity index (χ1n) is 8.80. The van der Waals surface area contributed by atoms with Crippen LogP contribution in [0.25, 0.3) is 32.5 Å². The fraction of sp³-hybridized carbons (Fsp3) is 0. The Morgan fingerprint density at radius 2 is 1.69 bits per heavy atom. The predicted molar refractivity (Wildman–Crippen MR) is 120 cm³/mol. The molecule has 3 aromatic carbocycles. The van der Waals surface area contributed by atoms with Gasteiger partial charge in [0, 0.05) is 27.1 Å². The summed E-state index contributed by atoms with van der Waals surface area (Å²) in [5.74, 6) is 0.682. The summed E-state index contributed by atoms with van der Waals surface area (Å²) in [5, 5.41) is 8.12. The summed E-state index contributed by atoms with van der Waals surface area (Å²) in [6, 6.07) is 22.8. The number of nitrogens with one attached hydrogen (secondary N) is 1. The number of anilines is 1. The van der Waals surface area contributed by atoms with Crippen LogP contribution in [0.2, 0.25) is 10.0 Å². The smallest absolute Gasteiger partial charge is 0.204 e. The van der Waals surface area contributed by atoms with E-state index in [9.17, 15) is 0 Å². The Kier molecular flexibility index (Phi) is 4.72. The molecular formula is C22H13Cl2N3OS. The van der Waals surface area contributed by atoms with Crippen molar-refractivity contribution in [2.45, 2.75) is 0 Å². The maximum absolute atomic E-state index is 6.21. The van der Waals surface area contributed by atoms with E-state index < -0.39 is 0 Å². The van der Waals surface area contributed by atoms with Crippen molar-refractivity contribution in [2.75, 3.05) is 5.43 Å². The van der Waals surface area contributed by atoms with E-state index in [4.69, 9.17) is 27.6 Å². The summed E-state index contributed by atoms with van der Waals surface area (Å²) in [5.41, 5.74) is 5.61. The number of fused-ring (bicyclic) bond motifs is 2. The molecule has 5 aromatic rings. The Morgan fingerprint density at radius 3 is 2.52 bits per heavy atom. The number of hydrogen-bond acceptors (Lipinski definition) is 5. The van der Waals surface area contributed by atoms with Gasteiger partial charge in [-0.05, 0) is 54.6 Å². The van der Waals surface area contributed by atoms with Crippen molar-refractivity contribution < 1.29 is 4.42 Å². The lowest BCUT2D eigenvalue weighted by molar-refractivity contribution is 0.618. The topological polar surface area (TPSA) is 50.4 Å². The fourth-order valence-electron chi connectivity index (χ4n) is 3.02. The van der Waals surface area contributed by atoms with Crippen LogP contribution in [0.3, 0.4) is 0 Å². The number of hydrogen-bond donors (Lipinski definition) is 1. The van der Waals surface area contributed by atoms with Crippen molar-refractivity contribution in [3.8, 4) is 11.3 Å². The van der Waals surface area contributed by atoms with Crippen molar-refractivity contribution in [2.24, 2.45) is 5.10 Å². The SMILES string of the molecule is Clc1ccc(-c2c/c(=N\Nc3nc4ccccc4s3)c3cc(Cl)ccc3o2)cc1. The lowest BCUT2D eigenvalue weighted by atomic mass is 10.1. The summed E-state index contributed by atoms with van der Waals surface area (Å²) in [6.07, 6.45) is 0. The zero-order chi connectivity index (χ0) is 19.8. The normalized spacial score (nSPS) is 12.0. The average molecular weight is 438 g/mol. The van der Waals surface area contributed by atoms with Gasteiger partial charge in [0.25, 0.3) is 0 Å². The lowest BCUT2D eigenvalue weighted by Gasteiger charge is -2.06. The zero-order valence-corrected chi connectivity index (χ0v) is 17.2. The minimum atomic E-state index is 0.614. The molecule has 0 aliphatic rings. The van der Waals surface area contributed by atoms with E-state index in [1.807, 2.05) is 66.7 Å². The van der Waals surface area contributed by atoms with Gasteiger partial charge in [0.1, 0.15) is 11.3 Å². The fourth-order valence-corrected chi connectivity index (χ4v) is 4.12. The van der Waals surface area contributed by atoms with Gasteiger partial charge in [-0.1, -0.05) is 46.7 Å². The Balaban J connectivity index is 1.64. The Hall–Kier alpha value is -2.86. The van der Waals surface area contributed by atoms with E-state index in [1.165, 1.54) is 0 Å². The quantitative estimate of drug-likeness (QED) is 0.310. The van der Waals surface area contributed by atoms with Crippen molar-refractivity contribution in [3.63, 3.8) is 0 Å². The van der Waals surface area contributed by atoms with E-state index >= 15 is 0 Å². The van der Waals surface area contributed by atoms with Gasteiger partial charge in [0.15, 0.2) is 0 Å². The minimum Gasteiger partial charge on any atom is -0.456 e. The van der Waals surface area contributed by atoms with E-state index in [0.717, 1.165) is 26.3 Å². The van der Waals surface area contributed by atoms with Crippen LogP contribution in [0, 0.1) is 0 Å². The van der Waals surface area contributed by atoms with Crippen LogP contribution in [-0.4, -0.2) is 4.98 Å². The van der Waals surface area contributed by atoms with Gasteiger partial charge in [-0.25, -0.2) is 4.98 Å².